The number of hydrogen-bond donors (Lipinski definition) is 1. The molecule has 0 aliphatic rings. The summed E-state index contributed by atoms with van der Waals surface area (Å²) in [7, 11) is 0. The van der Waals surface area contributed by atoms with Gasteiger partial charge in [-0.2, -0.15) is 0 Å². The molecule has 0 saturated heterocycles. The molecule has 0 aliphatic carbocycles. The number of carbonyl (C=O) groups is 1. The third kappa shape index (κ3) is 4.51. The van der Waals surface area contributed by atoms with Crippen molar-refractivity contribution in [2.24, 2.45) is 0 Å². The van der Waals surface area contributed by atoms with Crippen LogP contribution in [0.15, 0.2) is 60.7 Å². The Balaban J connectivity index is 2.17. The van der Waals surface area contributed by atoms with Crippen LogP contribution in [0.4, 0.5) is 0 Å². The summed E-state index contributed by atoms with van der Waals surface area (Å²) in [5.41, 5.74) is 3.74. The number of aldehydes is 1. The molecule has 0 spiro atoms. The lowest BCUT2D eigenvalue weighted by Gasteiger charge is -2.17. The van der Waals surface area contributed by atoms with Crippen molar-refractivity contribution in [1.29, 1.82) is 0 Å². The molecule has 0 aromatic heterocycles. The van der Waals surface area contributed by atoms with Crippen LogP contribution in [0.1, 0.15) is 16.8 Å². The quantitative estimate of drug-likeness (QED) is 0.396. The lowest BCUT2D eigenvalue weighted by atomic mass is 9.91. The molecular formula is C22H18Cl2O3. The average Bonchev–Trinajstić information content (AvgIpc) is 2.69. The molecule has 3 aromatic carbocycles. The predicted octanol–water partition coefficient (Wildman–Crippen LogP) is 5.90. The van der Waals surface area contributed by atoms with Crippen molar-refractivity contribution in [3.63, 3.8) is 0 Å². The van der Waals surface area contributed by atoms with E-state index in [0.717, 1.165) is 23.0 Å². The highest BCUT2D eigenvalue weighted by Gasteiger charge is 2.17. The van der Waals surface area contributed by atoms with E-state index in [-0.39, 0.29) is 6.61 Å². The van der Waals surface area contributed by atoms with Crippen LogP contribution in [0.2, 0.25) is 10.0 Å². The fourth-order valence-corrected chi connectivity index (χ4v) is 3.14. The summed E-state index contributed by atoms with van der Waals surface area (Å²) in [5.74, 6) is 0.589. The van der Waals surface area contributed by atoms with Gasteiger partial charge < -0.3 is 9.84 Å². The van der Waals surface area contributed by atoms with Crippen LogP contribution in [0.3, 0.4) is 0 Å². The third-order valence-corrected chi connectivity index (χ3v) is 4.68. The number of aliphatic hydroxyl groups excluding tert-OH is 1. The Hall–Kier alpha value is -2.33. The summed E-state index contributed by atoms with van der Waals surface area (Å²) in [4.78, 5) is 12.1. The van der Waals surface area contributed by atoms with Gasteiger partial charge in [-0.25, -0.2) is 0 Å². The van der Waals surface area contributed by atoms with Crippen molar-refractivity contribution < 1.29 is 14.6 Å². The lowest BCUT2D eigenvalue weighted by molar-refractivity contribution is 0.112. The van der Waals surface area contributed by atoms with Crippen molar-refractivity contribution in [2.45, 2.75) is 6.42 Å². The Bertz CT molecular complexity index is 920. The van der Waals surface area contributed by atoms with E-state index in [1.54, 1.807) is 24.3 Å². The minimum absolute atomic E-state index is 0.0413. The molecule has 3 aromatic rings. The van der Waals surface area contributed by atoms with Gasteiger partial charge in [-0.3, -0.25) is 4.79 Å². The van der Waals surface area contributed by atoms with Gasteiger partial charge in [0.1, 0.15) is 5.75 Å². The molecular weight excluding hydrogens is 383 g/mol. The number of hydrogen-bond acceptors (Lipinski definition) is 3. The smallest absolute Gasteiger partial charge is 0.151 e. The van der Waals surface area contributed by atoms with Crippen molar-refractivity contribution in [1.82, 2.24) is 0 Å². The Kier molecular flexibility index (Phi) is 6.51. The normalized spacial score (nSPS) is 10.6. The van der Waals surface area contributed by atoms with Gasteiger partial charge in [0.2, 0.25) is 0 Å². The number of aliphatic hydroxyl groups is 1. The van der Waals surface area contributed by atoms with Gasteiger partial charge in [0.15, 0.2) is 6.29 Å². The monoisotopic (exact) mass is 400 g/mol. The van der Waals surface area contributed by atoms with Crippen LogP contribution in [-0.4, -0.2) is 24.6 Å². The number of rotatable bonds is 7. The van der Waals surface area contributed by atoms with Gasteiger partial charge in [-0.05, 0) is 53.1 Å². The van der Waals surface area contributed by atoms with Gasteiger partial charge in [0, 0.05) is 34.2 Å². The number of ether oxygens (including phenoxy) is 1. The topological polar surface area (TPSA) is 46.5 Å². The molecule has 5 heteroatoms. The van der Waals surface area contributed by atoms with E-state index >= 15 is 0 Å². The zero-order valence-electron chi connectivity index (χ0n) is 14.5. The molecule has 138 valence electrons. The summed E-state index contributed by atoms with van der Waals surface area (Å²) in [5, 5.41) is 10.3. The molecule has 0 fully saturated rings. The molecule has 0 bridgehead atoms. The molecule has 0 unspecified atom stereocenters. The van der Waals surface area contributed by atoms with Crippen LogP contribution in [0.5, 0.6) is 5.75 Å². The fraction of sp³-hybridized carbons (Fsp3) is 0.136. The van der Waals surface area contributed by atoms with E-state index in [2.05, 4.69) is 0 Å². The van der Waals surface area contributed by atoms with Crippen molar-refractivity contribution >= 4 is 29.5 Å². The molecule has 0 aliphatic heterocycles. The number of carbonyl (C=O) groups excluding carboxylic acids is 1. The SMILES string of the molecule is O=Cc1c(-c2ccc(Cl)cc2)ccc(OCCCO)c1-c1ccc(Cl)cc1. The Morgan fingerprint density at radius 2 is 1.44 bits per heavy atom. The zero-order chi connectivity index (χ0) is 19.2. The van der Waals surface area contributed by atoms with Gasteiger partial charge >= 0.3 is 0 Å². The van der Waals surface area contributed by atoms with Crippen LogP contribution < -0.4 is 4.74 Å². The first-order valence-corrected chi connectivity index (χ1v) is 9.27. The molecule has 27 heavy (non-hydrogen) atoms. The van der Waals surface area contributed by atoms with Crippen LogP contribution in [-0.2, 0) is 0 Å². The summed E-state index contributed by atoms with van der Waals surface area (Å²) < 4.78 is 5.84. The van der Waals surface area contributed by atoms with E-state index in [9.17, 15) is 4.79 Å². The minimum Gasteiger partial charge on any atom is -0.493 e. The molecule has 3 nitrogen and oxygen atoms in total. The Morgan fingerprint density at radius 1 is 0.852 bits per heavy atom. The van der Waals surface area contributed by atoms with E-state index in [1.165, 1.54) is 0 Å². The molecule has 3 rings (SSSR count). The Morgan fingerprint density at radius 3 is 2.00 bits per heavy atom. The zero-order valence-corrected chi connectivity index (χ0v) is 16.0. The molecule has 0 radical (unpaired) electrons. The van der Waals surface area contributed by atoms with Crippen LogP contribution in [0.25, 0.3) is 22.3 Å². The Labute approximate surface area is 168 Å². The molecule has 0 amide bonds. The first-order chi connectivity index (χ1) is 13.1. The van der Waals surface area contributed by atoms with Crippen molar-refractivity contribution in [3.8, 4) is 28.0 Å². The van der Waals surface area contributed by atoms with Crippen molar-refractivity contribution in [3.05, 3.63) is 76.3 Å². The molecule has 1 N–H and O–H groups in total. The largest absolute Gasteiger partial charge is 0.493 e. The van der Waals surface area contributed by atoms with Crippen LogP contribution >= 0.6 is 23.2 Å². The molecule has 0 heterocycles. The van der Waals surface area contributed by atoms with E-state index in [0.29, 0.717) is 39.9 Å². The highest BCUT2D eigenvalue weighted by molar-refractivity contribution is 6.31. The first-order valence-electron chi connectivity index (χ1n) is 8.51. The highest BCUT2D eigenvalue weighted by atomic mass is 35.5. The van der Waals surface area contributed by atoms with Gasteiger partial charge in [-0.15, -0.1) is 0 Å². The minimum atomic E-state index is 0.0413. The van der Waals surface area contributed by atoms with E-state index in [4.69, 9.17) is 33.0 Å². The molecule has 0 atom stereocenters. The maximum atomic E-state index is 12.1. The summed E-state index contributed by atoms with van der Waals surface area (Å²) in [6.45, 7) is 0.398. The summed E-state index contributed by atoms with van der Waals surface area (Å²) in [6, 6.07) is 18.3. The number of halogens is 2. The maximum Gasteiger partial charge on any atom is 0.151 e. The lowest BCUT2D eigenvalue weighted by Crippen LogP contribution is -2.03. The second-order valence-electron chi connectivity index (χ2n) is 5.96. The second-order valence-corrected chi connectivity index (χ2v) is 6.83. The van der Waals surface area contributed by atoms with E-state index in [1.807, 2.05) is 36.4 Å². The van der Waals surface area contributed by atoms with Gasteiger partial charge in [0.05, 0.1) is 6.61 Å². The summed E-state index contributed by atoms with van der Waals surface area (Å²) >= 11 is 12.0. The molecule has 0 saturated carbocycles. The maximum absolute atomic E-state index is 12.1. The van der Waals surface area contributed by atoms with Crippen LogP contribution in [0, 0.1) is 0 Å². The predicted molar refractivity (Wildman–Crippen MR) is 110 cm³/mol. The van der Waals surface area contributed by atoms with Crippen molar-refractivity contribution in [2.75, 3.05) is 13.2 Å². The fourth-order valence-electron chi connectivity index (χ4n) is 2.88. The third-order valence-electron chi connectivity index (χ3n) is 4.17. The number of benzene rings is 3. The standard InChI is InChI=1S/C22H18Cl2O3/c23-17-6-2-15(3-7-17)19-10-11-21(27-13-1-12-25)22(20(19)14-26)16-4-8-18(24)9-5-16/h2-11,14,25H,1,12-13H2. The second kappa shape index (κ2) is 9.05. The average molecular weight is 401 g/mol. The highest BCUT2D eigenvalue weighted by Crippen LogP contribution is 2.39. The van der Waals surface area contributed by atoms with Gasteiger partial charge in [-0.1, -0.05) is 47.5 Å². The van der Waals surface area contributed by atoms with Gasteiger partial charge in [0.25, 0.3) is 0 Å². The first kappa shape index (κ1) is 19.4. The van der Waals surface area contributed by atoms with E-state index < -0.39 is 0 Å². The summed E-state index contributed by atoms with van der Waals surface area (Å²) in [6.07, 6.45) is 1.35.